The van der Waals surface area contributed by atoms with Crippen LogP contribution in [0.2, 0.25) is 4.82 Å². The molecular formula is C10H12OSe. The van der Waals surface area contributed by atoms with Crippen LogP contribution in [-0.2, 0) is 4.79 Å². The fraction of sp³-hybridized carbons (Fsp3) is 0.300. The number of Topliss-reactive ketones (excluding diaryl/α,β-unsaturated/α-hetero) is 1. The van der Waals surface area contributed by atoms with Gasteiger partial charge in [-0.1, -0.05) is 0 Å². The minimum absolute atomic E-state index is 0.208. The van der Waals surface area contributed by atoms with E-state index >= 15 is 0 Å². The van der Waals surface area contributed by atoms with Crippen molar-refractivity contribution in [3.8, 4) is 0 Å². The molecule has 0 saturated heterocycles. The second-order valence-electron chi connectivity index (χ2n) is 2.68. The van der Waals surface area contributed by atoms with Gasteiger partial charge in [0.1, 0.15) is 0 Å². The van der Waals surface area contributed by atoms with Crippen LogP contribution in [-0.4, -0.2) is 20.7 Å². The molecule has 0 aliphatic heterocycles. The fourth-order valence-electron chi connectivity index (χ4n) is 0.786. The van der Waals surface area contributed by atoms with Crippen molar-refractivity contribution in [3.63, 3.8) is 0 Å². The third kappa shape index (κ3) is 2.80. The van der Waals surface area contributed by atoms with Crippen LogP contribution >= 0.6 is 0 Å². The first-order valence-corrected chi connectivity index (χ1v) is 5.77. The zero-order valence-corrected chi connectivity index (χ0v) is 8.99. The molecule has 0 amide bonds. The Morgan fingerprint density at radius 2 is 1.92 bits per heavy atom. The van der Waals surface area contributed by atoms with Gasteiger partial charge in [-0.05, 0) is 0 Å². The first kappa shape index (κ1) is 9.50. The van der Waals surface area contributed by atoms with Crippen molar-refractivity contribution in [2.75, 3.05) is 0 Å². The van der Waals surface area contributed by atoms with Crippen LogP contribution in [0.15, 0.2) is 30.3 Å². The standard InChI is InChI=1S/C10H12OSe/c1-8(11)9(2)12-10-6-4-3-5-7-10/h3-7,9H,1-2H3. The Balaban J connectivity index is 2.58. The van der Waals surface area contributed by atoms with Crippen LogP contribution in [0, 0.1) is 0 Å². The molecule has 12 heavy (non-hydrogen) atoms. The molecule has 0 aliphatic carbocycles. The van der Waals surface area contributed by atoms with Gasteiger partial charge in [0.15, 0.2) is 0 Å². The molecule has 1 unspecified atom stereocenters. The molecular weight excluding hydrogens is 215 g/mol. The molecule has 2 heteroatoms. The Hall–Kier alpha value is -0.591. The summed E-state index contributed by atoms with van der Waals surface area (Å²) >= 11 is 0.299. The first-order valence-electron chi connectivity index (χ1n) is 3.92. The number of carbonyl (C=O) groups is 1. The van der Waals surface area contributed by atoms with E-state index in [2.05, 4.69) is 12.1 Å². The second-order valence-corrected chi connectivity index (χ2v) is 5.65. The molecule has 1 nitrogen and oxygen atoms in total. The Kier molecular flexibility index (Phi) is 3.51. The van der Waals surface area contributed by atoms with Gasteiger partial charge in [0, 0.05) is 0 Å². The summed E-state index contributed by atoms with van der Waals surface area (Å²) in [5.41, 5.74) is 0. The number of hydrogen-bond acceptors (Lipinski definition) is 1. The van der Waals surface area contributed by atoms with E-state index in [4.69, 9.17) is 0 Å². The summed E-state index contributed by atoms with van der Waals surface area (Å²) in [5, 5.41) is 0. The third-order valence-corrected chi connectivity index (χ3v) is 4.21. The first-order chi connectivity index (χ1) is 5.70. The number of ketones is 1. The Morgan fingerprint density at radius 1 is 1.33 bits per heavy atom. The van der Waals surface area contributed by atoms with E-state index in [0.29, 0.717) is 20.7 Å². The summed E-state index contributed by atoms with van der Waals surface area (Å²) in [7, 11) is 0. The zero-order valence-electron chi connectivity index (χ0n) is 7.28. The predicted molar refractivity (Wildman–Crippen MR) is 51.9 cm³/mol. The molecule has 0 radical (unpaired) electrons. The van der Waals surface area contributed by atoms with Crippen LogP contribution in [0.25, 0.3) is 0 Å². The molecule has 1 atom stereocenters. The molecule has 1 aromatic rings. The van der Waals surface area contributed by atoms with Crippen molar-refractivity contribution < 1.29 is 4.79 Å². The van der Waals surface area contributed by atoms with Crippen molar-refractivity contribution in [1.29, 1.82) is 0 Å². The molecule has 1 aromatic carbocycles. The van der Waals surface area contributed by atoms with Gasteiger partial charge in [-0.15, -0.1) is 0 Å². The number of carbonyl (C=O) groups excluding carboxylic acids is 1. The van der Waals surface area contributed by atoms with Crippen molar-refractivity contribution in [2.45, 2.75) is 18.7 Å². The SMILES string of the molecule is CC(=O)C(C)[Se]c1ccccc1. The molecule has 0 heterocycles. The van der Waals surface area contributed by atoms with Gasteiger partial charge in [-0.25, -0.2) is 0 Å². The summed E-state index contributed by atoms with van der Waals surface area (Å²) < 4.78 is 1.30. The van der Waals surface area contributed by atoms with Crippen LogP contribution in [0.3, 0.4) is 0 Å². The summed E-state index contributed by atoms with van der Waals surface area (Å²) in [4.78, 5) is 11.2. The number of benzene rings is 1. The molecule has 0 N–H and O–H groups in total. The van der Waals surface area contributed by atoms with Crippen LogP contribution in [0.5, 0.6) is 0 Å². The summed E-state index contributed by atoms with van der Waals surface area (Å²) in [5.74, 6) is 0.291. The maximum atomic E-state index is 11.0. The number of rotatable bonds is 3. The average Bonchev–Trinajstić information content (AvgIpc) is 2.06. The minimum atomic E-state index is 0.208. The van der Waals surface area contributed by atoms with E-state index in [1.165, 1.54) is 4.46 Å². The van der Waals surface area contributed by atoms with Crippen LogP contribution in [0.1, 0.15) is 13.8 Å². The predicted octanol–water partition coefficient (Wildman–Crippen LogP) is 1.41. The maximum absolute atomic E-state index is 11.0. The third-order valence-electron chi connectivity index (χ3n) is 1.63. The van der Waals surface area contributed by atoms with Crippen LogP contribution in [0.4, 0.5) is 0 Å². The molecule has 0 spiro atoms. The Labute approximate surface area is 79.3 Å². The Bertz CT molecular complexity index is 256. The van der Waals surface area contributed by atoms with E-state index < -0.39 is 0 Å². The molecule has 0 aromatic heterocycles. The molecule has 0 saturated carbocycles. The average molecular weight is 227 g/mol. The fourth-order valence-corrected chi connectivity index (χ4v) is 2.65. The normalized spacial score (nSPS) is 12.5. The molecule has 0 bridgehead atoms. The van der Waals surface area contributed by atoms with Crippen molar-refractivity contribution in [2.24, 2.45) is 0 Å². The van der Waals surface area contributed by atoms with Gasteiger partial charge in [0.05, 0.1) is 0 Å². The summed E-state index contributed by atoms with van der Waals surface area (Å²) in [6, 6.07) is 10.2. The quantitative estimate of drug-likeness (QED) is 0.713. The molecule has 0 aliphatic rings. The summed E-state index contributed by atoms with van der Waals surface area (Å²) in [6.45, 7) is 3.66. The van der Waals surface area contributed by atoms with Gasteiger partial charge in [0.2, 0.25) is 0 Å². The molecule has 1 rings (SSSR count). The van der Waals surface area contributed by atoms with E-state index in [1.807, 2.05) is 25.1 Å². The number of hydrogen-bond donors (Lipinski definition) is 0. The van der Waals surface area contributed by atoms with E-state index in [1.54, 1.807) is 6.92 Å². The van der Waals surface area contributed by atoms with Gasteiger partial charge in [0.25, 0.3) is 0 Å². The van der Waals surface area contributed by atoms with Crippen molar-refractivity contribution in [3.05, 3.63) is 30.3 Å². The van der Waals surface area contributed by atoms with E-state index in [-0.39, 0.29) is 4.82 Å². The van der Waals surface area contributed by atoms with E-state index in [9.17, 15) is 4.79 Å². The summed E-state index contributed by atoms with van der Waals surface area (Å²) in [6.07, 6.45) is 0. The molecule has 0 fully saturated rings. The Morgan fingerprint density at radius 3 is 2.42 bits per heavy atom. The van der Waals surface area contributed by atoms with Crippen molar-refractivity contribution >= 4 is 25.2 Å². The van der Waals surface area contributed by atoms with E-state index in [0.717, 1.165) is 0 Å². The van der Waals surface area contributed by atoms with Gasteiger partial charge >= 0.3 is 79.0 Å². The van der Waals surface area contributed by atoms with Gasteiger partial charge in [-0.2, -0.15) is 0 Å². The van der Waals surface area contributed by atoms with Crippen LogP contribution < -0.4 is 4.46 Å². The topological polar surface area (TPSA) is 17.1 Å². The second kappa shape index (κ2) is 4.44. The molecule has 64 valence electrons. The van der Waals surface area contributed by atoms with Gasteiger partial charge < -0.3 is 0 Å². The zero-order chi connectivity index (χ0) is 8.97. The monoisotopic (exact) mass is 228 g/mol. The van der Waals surface area contributed by atoms with Gasteiger partial charge in [-0.3, -0.25) is 0 Å². The van der Waals surface area contributed by atoms with Crippen molar-refractivity contribution in [1.82, 2.24) is 0 Å².